The van der Waals surface area contributed by atoms with Gasteiger partial charge in [-0.15, -0.1) is 12.4 Å². The zero-order valence-corrected chi connectivity index (χ0v) is 20.4. The highest BCUT2D eigenvalue weighted by Gasteiger charge is 2.22. The van der Waals surface area contributed by atoms with E-state index in [2.05, 4.69) is 15.3 Å². The predicted molar refractivity (Wildman–Crippen MR) is 134 cm³/mol. The minimum atomic E-state index is -0.514. The molecule has 8 N–H and O–H groups in total. The lowest BCUT2D eigenvalue weighted by Crippen LogP contribution is -2.50. The van der Waals surface area contributed by atoms with Gasteiger partial charge in [-0.25, -0.2) is 9.97 Å². The highest BCUT2D eigenvalue weighted by molar-refractivity contribution is 6.31. The highest BCUT2D eigenvalue weighted by Crippen LogP contribution is 2.18. The van der Waals surface area contributed by atoms with Gasteiger partial charge in [-0.05, 0) is 37.0 Å². The summed E-state index contributed by atoms with van der Waals surface area (Å²) in [4.78, 5) is 22.1. The molecule has 1 aromatic carbocycles. The van der Waals surface area contributed by atoms with Gasteiger partial charge < -0.3 is 32.2 Å². The molecule has 33 heavy (non-hydrogen) atoms. The van der Waals surface area contributed by atoms with Crippen LogP contribution in [0.25, 0.3) is 0 Å². The molecule has 1 atom stereocenters. The van der Waals surface area contributed by atoms with Crippen LogP contribution in [-0.4, -0.2) is 53.0 Å². The first-order chi connectivity index (χ1) is 15.3. The average Bonchev–Trinajstić information content (AvgIpc) is 2.77. The Morgan fingerprint density at radius 2 is 1.91 bits per heavy atom. The fraction of sp³-hybridized carbons (Fsp3) is 0.429. The Bertz CT molecular complexity index is 927. The van der Waals surface area contributed by atoms with Crippen LogP contribution in [0.3, 0.4) is 0 Å². The number of nitrogens with two attached hydrogens (primary N) is 3. The largest absolute Gasteiger partial charge is 0.497 e. The molecule has 0 aliphatic heterocycles. The molecular weight excluding hydrogens is 467 g/mol. The Morgan fingerprint density at radius 1 is 1.24 bits per heavy atom. The second-order valence-electron chi connectivity index (χ2n) is 7.32. The summed E-state index contributed by atoms with van der Waals surface area (Å²) in [5, 5.41) is 10.7. The molecule has 1 heterocycles. The van der Waals surface area contributed by atoms with Crippen LogP contribution in [0.2, 0.25) is 5.15 Å². The fourth-order valence-electron chi connectivity index (χ4n) is 3.35. The molecule has 10 nitrogen and oxygen atoms in total. The standard InChI is InChI=1S/C21H31ClN8O2.ClH/c1-3-5-14(12-27-20(31)16-18(23)29-19(24)17(22)28-16)30(21(25)26)11-4-6-13-7-9-15(32-2)10-8-13;/h7-10,14H,3-6,11-12H2,1-2H3,(H3,25,26)(H,27,31)(H4,23,24,29);1H/t14-;/m0./s1. The number of hydrogen-bond donors (Lipinski definition) is 5. The molecule has 182 valence electrons. The number of carbonyl (C=O) groups excluding carboxylic acids is 1. The number of methoxy groups -OCH3 is 1. The lowest BCUT2D eigenvalue weighted by atomic mass is 10.1. The summed E-state index contributed by atoms with van der Waals surface area (Å²) in [7, 11) is 1.63. The predicted octanol–water partition coefficient (Wildman–Crippen LogP) is 2.45. The molecule has 12 heteroatoms. The van der Waals surface area contributed by atoms with Crippen LogP contribution in [0.4, 0.5) is 11.6 Å². The van der Waals surface area contributed by atoms with E-state index in [-0.39, 0.29) is 53.4 Å². The number of ether oxygens (including phenoxy) is 1. The van der Waals surface area contributed by atoms with E-state index in [4.69, 9.17) is 38.9 Å². The number of amides is 1. The second kappa shape index (κ2) is 13.5. The number of halogens is 2. The van der Waals surface area contributed by atoms with E-state index in [0.29, 0.717) is 6.54 Å². The van der Waals surface area contributed by atoms with E-state index in [9.17, 15) is 4.79 Å². The van der Waals surface area contributed by atoms with Gasteiger partial charge >= 0.3 is 0 Å². The average molecular weight is 499 g/mol. The van der Waals surface area contributed by atoms with Crippen molar-refractivity contribution >= 4 is 47.5 Å². The van der Waals surface area contributed by atoms with Crippen molar-refractivity contribution in [1.29, 1.82) is 5.41 Å². The number of guanidine groups is 1. The molecule has 0 bridgehead atoms. The number of nitrogens with zero attached hydrogens (tertiary/aromatic N) is 3. The number of hydrogen-bond acceptors (Lipinski definition) is 7. The molecule has 0 unspecified atom stereocenters. The lowest BCUT2D eigenvalue weighted by molar-refractivity contribution is 0.0937. The van der Waals surface area contributed by atoms with Crippen LogP contribution in [0.1, 0.15) is 42.2 Å². The molecule has 1 amide bonds. The van der Waals surface area contributed by atoms with E-state index in [1.165, 1.54) is 5.56 Å². The molecule has 0 aliphatic rings. The van der Waals surface area contributed by atoms with Crippen molar-refractivity contribution in [2.24, 2.45) is 5.73 Å². The fourth-order valence-corrected chi connectivity index (χ4v) is 3.48. The molecular formula is C21H32Cl2N8O2. The number of aryl methyl sites for hydroxylation is 1. The summed E-state index contributed by atoms with van der Waals surface area (Å²) in [6, 6.07) is 7.72. The zero-order chi connectivity index (χ0) is 23.7. The van der Waals surface area contributed by atoms with Crippen LogP contribution < -0.4 is 27.3 Å². The van der Waals surface area contributed by atoms with Gasteiger partial charge in [0, 0.05) is 19.1 Å². The van der Waals surface area contributed by atoms with E-state index in [0.717, 1.165) is 31.4 Å². The minimum absolute atomic E-state index is 0. The number of nitrogens with one attached hydrogen (secondary N) is 2. The Balaban J connectivity index is 0.00000544. The van der Waals surface area contributed by atoms with Gasteiger partial charge in [-0.2, -0.15) is 0 Å². The first-order valence-electron chi connectivity index (χ1n) is 10.4. The van der Waals surface area contributed by atoms with Crippen LogP contribution >= 0.6 is 24.0 Å². The number of anilines is 2. The zero-order valence-electron chi connectivity index (χ0n) is 18.8. The lowest BCUT2D eigenvalue weighted by Gasteiger charge is -2.32. The number of benzene rings is 1. The second-order valence-corrected chi connectivity index (χ2v) is 7.67. The van der Waals surface area contributed by atoms with Crippen molar-refractivity contribution in [2.75, 3.05) is 31.7 Å². The molecule has 0 spiro atoms. The van der Waals surface area contributed by atoms with Crippen molar-refractivity contribution in [3.63, 3.8) is 0 Å². The summed E-state index contributed by atoms with van der Waals surface area (Å²) in [6.07, 6.45) is 3.23. The molecule has 0 aliphatic carbocycles. The third-order valence-corrected chi connectivity index (χ3v) is 5.29. The summed E-state index contributed by atoms with van der Waals surface area (Å²) in [6.45, 7) is 2.88. The summed E-state index contributed by atoms with van der Waals surface area (Å²) >= 11 is 5.86. The Kier molecular flexibility index (Phi) is 11.5. The van der Waals surface area contributed by atoms with Crippen molar-refractivity contribution < 1.29 is 9.53 Å². The third kappa shape index (κ3) is 8.14. The number of aromatic nitrogens is 2. The van der Waals surface area contributed by atoms with Crippen molar-refractivity contribution in [1.82, 2.24) is 20.2 Å². The topological polar surface area (TPSA) is 169 Å². The van der Waals surface area contributed by atoms with E-state index in [1.54, 1.807) is 12.0 Å². The summed E-state index contributed by atoms with van der Waals surface area (Å²) < 4.78 is 5.18. The monoisotopic (exact) mass is 498 g/mol. The Morgan fingerprint density at radius 3 is 2.48 bits per heavy atom. The molecule has 0 fully saturated rings. The van der Waals surface area contributed by atoms with E-state index in [1.807, 2.05) is 31.2 Å². The number of nitrogen functional groups attached to an aromatic ring is 2. The molecule has 2 rings (SSSR count). The molecule has 0 saturated carbocycles. The minimum Gasteiger partial charge on any atom is -0.497 e. The quantitative estimate of drug-likeness (QED) is 0.232. The Labute approximate surface area is 205 Å². The Hall–Kier alpha value is -2.98. The maximum absolute atomic E-state index is 12.6. The van der Waals surface area contributed by atoms with Gasteiger partial charge in [-0.3, -0.25) is 10.2 Å². The van der Waals surface area contributed by atoms with Gasteiger partial charge in [0.1, 0.15) is 5.75 Å². The third-order valence-electron chi connectivity index (χ3n) is 5.01. The molecule has 0 radical (unpaired) electrons. The van der Waals surface area contributed by atoms with Crippen molar-refractivity contribution in [3.8, 4) is 5.75 Å². The van der Waals surface area contributed by atoms with Crippen LogP contribution in [0, 0.1) is 5.41 Å². The van der Waals surface area contributed by atoms with Crippen molar-refractivity contribution in [2.45, 2.75) is 38.6 Å². The molecule has 0 saturated heterocycles. The number of carbonyl (C=O) groups is 1. The van der Waals surface area contributed by atoms with Crippen LogP contribution in [0.15, 0.2) is 24.3 Å². The SMILES string of the molecule is CCC[C@@H](CNC(=O)c1nc(Cl)c(N)nc1N)N(CCCc1ccc(OC)cc1)C(=N)N.Cl. The van der Waals surface area contributed by atoms with E-state index < -0.39 is 5.91 Å². The summed E-state index contributed by atoms with van der Waals surface area (Å²) in [5.74, 6) is 0.121. The van der Waals surface area contributed by atoms with Gasteiger partial charge in [0.25, 0.3) is 5.91 Å². The smallest absolute Gasteiger partial charge is 0.273 e. The van der Waals surface area contributed by atoms with Crippen LogP contribution in [-0.2, 0) is 6.42 Å². The normalized spacial score (nSPS) is 11.2. The highest BCUT2D eigenvalue weighted by atomic mass is 35.5. The first-order valence-corrected chi connectivity index (χ1v) is 10.7. The van der Waals surface area contributed by atoms with Gasteiger partial charge in [-0.1, -0.05) is 37.1 Å². The molecule has 2 aromatic rings. The summed E-state index contributed by atoms with van der Waals surface area (Å²) in [5.41, 5.74) is 18.3. The van der Waals surface area contributed by atoms with Gasteiger partial charge in [0.05, 0.1) is 7.11 Å². The van der Waals surface area contributed by atoms with E-state index >= 15 is 0 Å². The first kappa shape index (κ1) is 28.1. The maximum atomic E-state index is 12.6. The van der Waals surface area contributed by atoms with Crippen molar-refractivity contribution in [3.05, 3.63) is 40.7 Å². The van der Waals surface area contributed by atoms with Gasteiger partial charge in [0.2, 0.25) is 0 Å². The van der Waals surface area contributed by atoms with Gasteiger partial charge in [0.15, 0.2) is 28.4 Å². The maximum Gasteiger partial charge on any atom is 0.273 e. The number of rotatable bonds is 11. The van der Waals surface area contributed by atoms with Crippen LogP contribution in [0.5, 0.6) is 5.75 Å². The molecule has 1 aromatic heterocycles.